The molecule has 0 N–H and O–H groups in total. The van der Waals surface area contributed by atoms with Crippen molar-refractivity contribution in [1.29, 1.82) is 0 Å². The molecule has 0 radical (unpaired) electrons. The molecule has 1 aromatic rings. The minimum atomic E-state index is -0.292. The third kappa shape index (κ3) is 3.98. The average molecular weight is 375 g/mol. The van der Waals surface area contributed by atoms with Crippen LogP contribution >= 0.6 is 27.5 Å². The summed E-state index contributed by atoms with van der Waals surface area (Å²) in [7, 11) is 1.36. The first-order valence-electron chi connectivity index (χ1n) is 6.85. The van der Waals surface area contributed by atoms with Gasteiger partial charge in [-0.3, -0.25) is 9.59 Å². The van der Waals surface area contributed by atoms with Gasteiger partial charge in [0.2, 0.25) is 0 Å². The van der Waals surface area contributed by atoms with Gasteiger partial charge in [-0.05, 0) is 37.5 Å². The second-order valence-electron chi connectivity index (χ2n) is 5.05. The Balaban J connectivity index is 2.22. The van der Waals surface area contributed by atoms with Crippen molar-refractivity contribution < 1.29 is 14.3 Å². The topological polar surface area (TPSA) is 46.6 Å². The zero-order chi connectivity index (χ0) is 15.4. The SMILES string of the molecule is COC(=O)CC1CCCCN1C(=O)c1cc(Br)ccc1Cl. The number of likely N-dealkylation sites (tertiary alicyclic amines) is 1. The minimum absolute atomic E-state index is 0.117. The molecule has 114 valence electrons. The number of esters is 1. The Hall–Kier alpha value is -1.07. The van der Waals surface area contributed by atoms with E-state index in [9.17, 15) is 9.59 Å². The first-order valence-corrected chi connectivity index (χ1v) is 8.03. The van der Waals surface area contributed by atoms with Crippen molar-refractivity contribution in [3.05, 3.63) is 33.3 Å². The van der Waals surface area contributed by atoms with Gasteiger partial charge in [0.25, 0.3) is 5.91 Å². The molecule has 1 fully saturated rings. The van der Waals surface area contributed by atoms with Gasteiger partial charge in [-0.25, -0.2) is 0 Å². The lowest BCUT2D eigenvalue weighted by Crippen LogP contribution is -2.45. The predicted molar refractivity (Wildman–Crippen MR) is 84.5 cm³/mol. The molecule has 1 heterocycles. The van der Waals surface area contributed by atoms with Crippen molar-refractivity contribution in [3.63, 3.8) is 0 Å². The molecule has 2 rings (SSSR count). The van der Waals surface area contributed by atoms with Crippen LogP contribution in [0.3, 0.4) is 0 Å². The van der Waals surface area contributed by atoms with E-state index in [1.165, 1.54) is 7.11 Å². The van der Waals surface area contributed by atoms with Crippen LogP contribution in [0.5, 0.6) is 0 Å². The molecule has 6 heteroatoms. The molecule has 0 saturated carbocycles. The first kappa shape index (κ1) is 16.3. The van der Waals surface area contributed by atoms with E-state index in [1.54, 1.807) is 23.1 Å². The predicted octanol–water partition coefficient (Wildman–Crippen LogP) is 3.66. The molecule has 1 unspecified atom stereocenters. The third-order valence-corrected chi connectivity index (χ3v) is 4.50. The van der Waals surface area contributed by atoms with E-state index in [0.717, 1.165) is 23.7 Å². The second-order valence-corrected chi connectivity index (χ2v) is 6.38. The van der Waals surface area contributed by atoms with Crippen LogP contribution in [0.1, 0.15) is 36.0 Å². The number of piperidine rings is 1. The van der Waals surface area contributed by atoms with E-state index in [0.29, 0.717) is 17.1 Å². The Morgan fingerprint density at radius 3 is 2.90 bits per heavy atom. The highest BCUT2D eigenvalue weighted by atomic mass is 79.9. The van der Waals surface area contributed by atoms with Crippen LogP contribution in [0.4, 0.5) is 0 Å². The number of hydrogen-bond acceptors (Lipinski definition) is 3. The monoisotopic (exact) mass is 373 g/mol. The van der Waals surface area contributed by atoms with Gasteiger partial charge in [-0.15, -0.1) is 0 Å². The Morgan fingerprint density at radius 2 is 2.19 bits per heavy atom. The number of carbonyl (C=O) groups is 2. The van der Waals surface area contributed by atoms with E-state index in [1.807, 2.05) is 0 Å². The first-order chi connectivity index (χ1) is 10.0. The molecule has 0 bridgehead atoms. The summed E-state index contributed by atoms with van der Waals surface area (Å²) in [5.74, 6) is -0.421. The number of nitrogens with zero attached hydrogens (tertiary/aromatic N) is 1. The highest BCUT2D eigenvalue weighted by Gasteiger charge is 2.30. The molecule has 0 aromatic heterocycles. The summed E-state index contributed by atoms with van der Waals surface area (Å²) in [4.78, 5) is 26.0. The van der Waals surface area contributed by atoms with Crippen molar-refractivity contribution in [2.24, 2.45) is 0 Å². The lowest BCUT2D eigenvalue weighted by molar-refractivity contribution is -0.142. The fourth-order valence-corrected chi connectivity index (χ4v) is 3.13. The van der Waals surface area contributed by atoms with Crippen LogP contribution in [0.15, 0.2) is 22.7 Å². The van der Waals surface area contributed by atoms with Crippen molar-refractivity contribution in [3.8, 4) is 0 Å². The summed E-state index contributed by atoms with van der Waals surface area (Å²) >= 11 is 9.48. The summed E-state index contributed by atoms with van der Waals surface area (Å²) < 4.78 is 5.52. The van der Waals surface area contributed by atoms with Gasteiger partial charge in [0.15, 0.2) is 0 Å². The van der Waals surface area contributed by atoms with E-state index in [-0.39, 0.29) is 24.3 Å². The van der Waals surface area contributed by atoms with Gasteiger partial charge < -0.3 is 9.64 Å². The number of halogens is 2. The van der Waals surface area contributed by atoms with Gasteiger partial charge >= 0.3 is 5.97 Å². The Morgan fingerprint density at radius 1 is 1.43 bits per heavy atom. The Kier molecular flexibility index (Phi) is 5.65. The number of benzene rings is 1. The van der Waals surface area contributed by atoms with Crippen LogP contribution < -0.4 is 0 Å². The minimum Gasteiger partial charge on any atom is -0.469 e. The van der Waals surface area contributed by atoms with Crippen LogP contribution in [0.2, 0.25) is 5.02 Å². The number of hydrogen-bond donors (Lipinski definition) is 0. The van der Waals surface area contributed by atoms with Crippen LogP contribution in [0, 0.1) is 0 Å². The maximum Gasteiger partial charge on any atom is 0.307 e. The molecule has 1 aliphatic heterocycles. The van der Waals surface area contributed by atoms with Gasteiger partial charge in [0.05, 0.1) is 24.1 Å². The van der Waals surface area contributed by atoms with Gasteiger partial charge in [0.1, 0.15) is 0 Å². The second kappa shape index (κ2) is 7.27. The molecule has 0 spiro atoms. The van der Waals surface area contributed by atoms with E-state index in [2.05, 4.69) is 15.9 Å². The zero-order valence-electron chi connectivity index (χ0n) is 11.8. The van der Waals surface area contributed by atoms with Crippen molar-refractivity contribution >= 4 is 39.4 Å². The van der Waals surface area contributed by atoms with Crippen LogP contribution in [0.25, 0.3) is 0 Å². The highest BCUT2D eigenvalue weighted by Crippen LogP contribution is 2.27. The number of amides is 1. The smallest absolute Gasteiger partial charge is 0.307 e. The number of methoxy groups -OCH3 is 1. The molecule has 0 aliphatic carbocycles. The van der Waals surface area contributed by atoms with Gasteiger partial charge in [-0.1, -0.05) is 27.5 Å². The fourth-order valence-electron chi connectivity index (χ4n) is 2.57. The van der Waals surface area contributed by atoms with E-state index < -0.39 is 0 Å². The molecule has 1 aliphatic rings. The molecule has 1 aromatic carbocycles. The van der Waals surface area contributed by atoms with Crippen LogP contribution in [-0.2, 0) is 9.53 Å². The largest absolute Gasteiger partial charge is 0.469 e. The third-order valence-electron chi connectivity index (χ3n) is 3.68. The number of carbonyl (C=O) groups excluding carboxylic acids is 2. The lowest BCUT2D eigenvalue weighted by Gasteiger charge is -2.35. The van der Waals surface area contributed by atoms with Crippen LogP contribution in [-0.4, -0.2) is 36.5 Å². The van der Waals surface area contributed by atoms with Gasteiger partial charge in [-0.2, -0.15) is 0 Å². The Labute approximate surface area is 137 Å². The summed E-state index contributed by atoms with van der Waals surface area (Å²) in [6.45, 7) is 0.642. The zero-order valence-corrected chi connectivity index (χ0v) is 14.1. The number of ether oxygens (including phenoxy) is 1. The molecule has 4 nitrogen and oxygen atoms in total. The standard InChI is InChI=1S/C15H17BrClNO3/c1-21-14(19)9-11-4-2-3-7-18(11)15(20)12-8-10(16)5-6-13(12)17/h5-6,8,11H,2-4,7,9H2,1H3. The fraction of sp³-hybridized carbons (Fsp3) is 0.467. The van der Waals surface area contributed by atoms with Crippen molar-refractivity contribution in [2.75, 3.05) is 13.7 Å². The summed E-state index contributed by atoms with van der Waals surface area (Å²) in [5, 5.41) is 0.422. The molecule has 1 amide bonds. The molecule has 1 atom stereocenters. The highest BCUT2D eigenvalue weighted by molar-refractivity contribution is 9.10. The average Bonchev–Trinajstić information content (AvgIpc) is 2.49. The summed E-state index contributed by atoms with van der Waals surface area (Å²) in [5.41, 5.74) is 0.461. The van der Waals surface area contributed by atoms with Crippen molar-refractivity contribution in [2.45, 2.75) is 31.7 Å². The molecule has 21 heavy (non-hydrogen) atoms. The summed E-state index contributed by atoms with van der Waals surface area (Å²) in [6.07, 6.45) is 2.99. The van der Waals surface area contributed by atoms with Gasteiger partial charge in [0, 0.05) is 17.1 Å². The Bertz CT molecular complexity index is 550. The summed E-state index contributed by atoms with van der Waals surface area (Å²) in [6, 6.07) is 5.09. The normalized spacial score (nSPS) is 18.4. The van der Waals surface area contributed by atoms with E-state index in [4.69, 9.17) is 16.3 Å². The van der Waals surface area contributed by atoms with Crippen molar-refractivity contribution in [1.82, 2.24) is 4.90 Å². The molecular formula is C15H17BrClNO3. The molecule has 1 saturated heterocycles. The lowest BCUT2D eigenvalue weighted by atomic mass is 9.98. The molecular weight excluding hydrogens is 358 g/mol. The van der Waals surface area contributed by atoms with E-state index >= 15 is 0 Å². The maximum atomic E-state index is 12.7. The quantitative estimate of drug-likeness (QED) is 0.759. The number of rotatable bonds is 3. The maximum absolute atomic E-state index is 12.7.